The molecule has 0 saturated carbocycles. The van der Waals surface area contributed by atoms with Crippen LogP contribution in [0, 0.1) is 0 Å². The number of unbranched alkanes of at least 4 members (excludes halogenated alkanes) is 4. The minimum Gasteiger partial charge on any atom is -0.279 e. The first-order chi connectivity index (χ1) is 23.6. The number of hydrogen-bond acceptors (Lipinski definition) is 5. The summed E-state index contributed by atoms with van der Waals surface area (Å²) in [5, 5.41) is 0. The molecule has 5 rings (SSSR count). The molecule has 3 aromatic heterocycles. The second kappa shape index (κ2) is 18.1. The van der Waals surface area contributed by atoms with Crippen molar-refractivity contribution in [3.05, 3.63) is 126 Å². The van der Waals surface area contributed by atoms with Gasteiger partial charge in [-0.15, -0.1) is 0 Å². The molecule has 0 N–H and O–H groups in total. The minimum atomic E-state index is 0.812. The van der Waals surface area contributed by atoms with E-state index in [1.807, 2.05) is 12.4 Å². The highest BCUT2D eigenvalue weighted by Crippen LogP contribution is 2.37. The standard InChI is InChI=1S/C43H53N5/c1-5-9-14-34-20-26-38(27-21-34)47(40-30-24-36(32-44-40)16-11-7-3)42-18-13-19-43(46-42)48(39-28-22-35(23-29-39)15-10-6-2)41-31-25-37(33-45-41)17-12-8-4/h13,18-33H,5-12,14-17H2,1-4H3. The van der Waals surface area contributed by atoms with Crippen LogP contribution in [0.2, 0.25) is 0 Å². The van der Waals surface area contributed by atoms with Crippen LogP contribution in [-0.2, 0) is 25.7 Å². The number of rotatable bonds is 18. The van der Waals surface area contributed by atoms with Crippen molar-refractivity contribution in [2.24, 2.45) is 0 Å². The number of nitrogens with zero attached hydrogens (tertiary/aromatic N) is 5. The topological polar surface area (TPSA) is 45.2 Å². The van der Waals surface area contributed by atoms with Gasteiger partial charge >= 0.3 is 0 Å². The summed E-state index contributed by atoms with van der Waals surface area (Å²) in [7, 11) is 0. The molecule has 5 heteroatoms. The highest BCUT2D eigenvalue weighted by Gasteiger charge is 2.20. The van der Waals surface area contributed by atoms with E-state index in [-0.39, 0.29) is 0 Å². The number of pyridine rings is 3. The molecule has 5 nitrogen and oxygen atoms in total. The summed E-state index contributed by atoms with van der Waals surface area (Å²) in [5.74, 6) is 3.33. The van der Waals surface area contributed by atoms with Crippen LogP contribution in [0.25, 0.3) is 0 Å². The van der Waals surface area contributed by atoms with Crippen LogP contribution in [0.4, 0.5) is 34.6 Å². The zero-order chi connectivity index (χ0) is 33.6. The first-order valence-electron chi connectivity index (χ1n) is 18.3. The molecule has 0 aliphatic carbocycles. The van der Waals surface area contributed by atoms with Gasteiger partial charge in [0.2, 0.25) is 0 Å². The molecule has 0 aliphatic heterocycles. The van der Waals surface area contributed by atoms with E-state index < -0.39 is 0 Å². The Kier molecular flexibility index (Phi) is 13.2. The Hall–Kier alpha value is -4.51. The number of aromatic nitrogens is 3. The van der Waals surface area contributed by atoms with Gasteiger partial charge in [0.1, 0.15) is 23.3 Å². The lowest BCUT2D eigenvalue weighted by Crippen LogP contribution is -2.17. The molecule has 5 aromatic rings. The van der Waals surface area contributed by atoms with Crippen LogP contribution < -0.4 is 9.80 Å². The summed E-state index contributed by atoms with van der Waals surface area (Å²) in [4.78, 5) is 19.6. The van der Waals surface area contributed by atoms with E-state index in [0.717, 1.165) is 73.2 Å². The summed E-state index contributed by atoms with van der Waals surface area (Å²) in [6, 6.07) is 32.7. The highest BCUT2D eigenvalue weighted by atomic mass is 15.3. The average Bonchev–Trinajstić information content (AvgIpc) is 3.14. The fourth-order valence-electron chi connectivity index (χ4n) is 5.97. The van der Waals surface area contributed by atoms with Crippen LogP contribution >= 0.6 is 0 Å². The summed E-state index contributed by atoms with van der Waals surface area (Å²) in [5.41, 5.74) is 7.32. The number of hydrogen-bond donors (Lipinski definition) is 0. The van der Waals surface area contributed by atoms with Crippen molar-refractivity contribution in [1.82, 2.24) is 15.0 Å². The quantitative estimate of drug-likeness (QED) is 0.0954. The van der Waals surface area contributed by atoms with Crippen molar-refractivity contribution >= 4 is 34.6 Å². The van der Waals surface area contributed by atoms with Gasteiger partial charge < -0.3 is 0 Å². The molecule has 0 amide bonds. The van der Waals surface area contributed by atoms with E-state index in [1.165, 1.54) is 60.8 Å². The van der Waals surface area contributed by atoms with E-state index in [0.29, 0.717) is 0 Å². The monoisotopic (exact) mass is 639 g/mol. The van der Waals surface area contributed by atoms with Crippen LogP contribution in [0.5, 0.6) is 0 Å². The molecule has 0 radical (unpaired) electrons. The number of aryl methyl sites for hydroxylation is 4. The summed E-state index contributed by atoms with van der Waals surface area (Å²) in [6.07, 6.45) is 17.7. The van der Waals surface area contributed by atoms with Crippen molar-refractivity contribution in [3.8, 4) is 0 Å². The number of anilines is 6. The average molecular weight is 640 g/mol. The molecular weight excluding hydrogens is 587 g/mol. The Morgan fingerprint density at radius 2 is 0.750 bits per heavy atom. The SMILES string of the molecule is CCCCc1ccc(N(c2ccc(CCCC)cn2)c2cccc(N(c3ccc(CCCC)cc3)c3ccc(CCCC)cn3)n2)cc1. The van der Waals surface area contributed by atoms with Gasteiger partial charge in [-0.3, -0.25) is 9.80 Å². The molecule has 3 heterocycles. The maximum Gasteiger partial charge on any atom is 0.141 e. The molecule has 48 heavy (non-hydrogen) atoms. The molecular formula is C43H53N5. The van der Waals surface area contributed by atoms with Gasteiger partial charge in [-0.1, -0.05) is 95.8 Å². The highest BCUT2D eigenvalue weighted by molar-refractivity contribution is 5.77. The predicted molar refractivity (Wildman–Crippen MR) is 204 cm³/mol. The molecule has 2 aromatic carbocycles. The van der Waals surface area contributed by atoms with Gasteiger partial charge in [-0.25, -0.2) is 15.0 Å². The van der Waals surface area contributed by atoms with Gasteiger partial charge in [0.25, 0.3) is 0 Å². The smallest absolute Gasteiger partial charge is 0.141 e. The van der Waals surface area contributed by atoms with Gasteiger partial charge in [-0.05, 0) is 122 Å². The molecule has 0 saturated heterocycles. The van der Waals surface area contributed by atoms with Crippen molar-refractivity contribution in [3.63, 3.8) is 0 Å². The normalized spacial score (nSPS) is 11.1. The third-order valence-corrected chi connectivity index (χ3v) is 8.92. The second-order valence-corrected chi connectivity index (χ2v) is 12.8. The molecule has 0 bridgehead atoms. The van der Waals surface area contributed by atoms with Gasteiger partial charge in [0.15, 0.2) is 0 Å². The van der Waals surface area contributed by atoms with E-state index in [9.17, 15) is 0 Å². The van der Waals surface area contributed by atoms with Crippen LogP contribution in [0.3, 0.4) is 0 Å². The summed E-state index contributed by atoms with van der Waals surface area (Å²) in [6.45, 7) is 8.94. The van der Waals surface area contributed by atoms with Crippen molar-refractivity contribution in [2.75, 3.05) is 9.80 Å². The van der Waals surface area contributed by atoms with Crippen LogP contribution in [-0.4, -0.2) is 15.0 Å². The van der Waals surface area contributed by atoms with E-state index in [4.69, 9.17) is 15.0 Å². The van der Waals surface area contributed by atoms with E-state index >= 15 is 0 Å². The van der Waals surface area contributed by atoms with E-state index in [2.05, 4.69) is 128 Å². The second-order valence-electron chi connectivity index (χ2n) is 12.8. The van der Waals surface area contributed by atoms with Gasteiger partial charge in [0.05, 0.1) is 0 Å². The first-order valence-corrected chi connectivity index (χ1v) is 18.3. The Labute approximate surface area is 289 Å². The zero-order valence-corrected chi connectivity index (χ0v) is 29.5. The van der Waals surface area contributed by atoms with Crippen molar-refractivity contribution in [1.29, 1.82) is 0 Å². The fourth-order valence-corrected chi connectivity index (χ4v) is 5.97. The summed E-state index contributed by atoms with van der Waals surface area (Å²) >= 11 is 0. The third-order valence-electron chi connectivity index (χ3n) is 8.92. The maximum absolute atomic E-state index is 5.34. The largest absolute Gasteiger partial charge is 0.279 e. The molecule has 250 valence electrons. The predicted octanol–water partition coefficient (Wildman–Crippen LogP) is 12.2. The van der Waals surface area contributed by atoms with Crippen molar-refractivity contribution in [2.45, 2.75) is 105 Å². The minimum absolute atomic E-state index is 0.812. The zero-order valence-electron chi connectivity index (χ0n) is 29.5. The Morgan fingerprint density at radius 1 is 0.396 bits per heavy atom. The number of benzene rings is 2. The molecule has 0 aliphatic rings. The molecule has 0 spiro atoms. The van der Waals surface area contributed by atoms with Crippen molar-refractivity contribution < 1.29 is 0 Å². The lowest BCUT2D eigenvalue weighted by Gasteiger charge is -2.27. The first kappa shape index (κ1) is 34.8. The Balaban J connectivity index is 1.56. The third kappa shape index (κ3) is 9.31. The Bertz CT molecular complexity index is 1420. The van der Waals surface area contributed by atoms with Crippen LogP contribution in [0.1, 0.15) is 101 Å². The lowest BCUT2D eigenvalue weighted by atomic mass is 10.1. The summed E-state index contributed by atoms with van der Waals surface area (Å²) < 4.78 is 0. The van der Waals surface area contributed by atoms with Gasteiger partial charge in [-0.2, -0.15) is 0 Å². The van der Waals surface area contributed by atoms with E-state index in [1.54, 1.807) is 0 Å². The van der Waals surface area contributed by atoms with Gasteiger partial charge in [0, 0.05) is 23.8 Å². The fraction of sp³-hybridized carbons (Fsp3) is 0.372. The molecule has 0 fully saturated rings. The maximum atomic E-state index is 5.34. The Morgan fingerprint density at radius 3 is 1.08 bits per heavy atom. The molecule has 0 atom stereocenters. The lowest BCUT2D eigenvalue weighted by molar-refractivity contribution is 0.792. The molecule has 0 unspecified atom stereocenters. The van der Waals surface area contributed by atoms with Crippen LogP contribution in [0.15, 0.2) is 103 Å².